The smallest absolute Gasteiger partial charge is 0.337 e. The summed E-state index contributed by atoms with van der Waals surface area (Å²) in [6.07, 6.45) is 0.401. The Balaban J connectivity index is 2.13. The molecule has 1 aliphatic rings. The van der Waals surface area contributed by atoms with Gasteiger partial charge in [0.2, 0.25) is 5.91 Å². The van der Waals surface area contributed by atoms with E-state index in [0.29, 0.717) is 35.7 Å². The first-order valence-corrected chi connectivity index (χ1v) is 7.82. The molecule has 0 bridgehead atoms. The van der Waals surface area contributed by atoms with Crippen LogP contribution < -0.4 is 10.6 Å². The molecule has 0 aliphatic carbocycles. The fourth-order valence-electron chi connectivity index (χ4n) is 2.41. The van der Waals surface area contributed by atoms with Crippen LogP contribution in [0.5, 0.6) is 0 Å². The Bertz CT molecular complexity index is 618. The Morgan fingerprint density at radius 2 is 2.18 bits per heavy atom. The van der Waals surface area contributed by atoms with Gasteiger partial charge in [0, 0.05) is 25.6 Å². The first-order chi connectivity index (χ1) is 10.4. The van der Waals surface area contributed by atoms with E-state index in [2.05, 4.69) is 4.74 Å². The van der Waals surface area contributed by atoms with E-state index in [1.54, 1.807) is 17.0 Å². The van der Waals surface area contributed by atoms with Crippen LogP contribution in [0.25, 0.3) is 0 Å². The van der Waals surface area contributed by atoms with Crippen molar-refractivity contribution in [2.45, 2.75) is 13.3 Å². The third kappa shape index (κ3) is 3.59. The average Bonchev–Trinajstić information content (AvgIpc) is 2.85. The molecule has 2 N–H and O–H groups in total. The lowest BCUT2D eigenvalue weighted by atomic mass is 10.1. The number of thioether (sulfide) groups is 1. The van der Waals surface area contributed by atoms with Gasteiger partial charge in [-0.25, -0.2) is 4.79 Å². The predicted molar refractivity (Wildman–Crippen MR) is 85.8 cm³/mol. The van der Waals surface area contributed by atoms with E-state index in [4.69, 9.17) is 5.73 Å². The molecule has 1 heterocycles. The maximum atomic E-state index is 12.1. The van der Waals surface area contributed by atoms with Gasteiger partial charge in [0.1, 0.15) is 0 Å². The molecule has 1 fully saturated rings. The normalized spacial score (nSPS) is 17.6. The molecule has 1 aromatic carbocycles. The molecule has 22 heavy (non-hydrogen) atoms. The van der Waals surface area contributed by atoms with Crippen molar-refractivity contribution in [3.63, 3.8) is 0 Å². The molecule has 1 atom stereocenters. The monoisotopic (exact) mass is 322 g/mol. The van der Waals surface area contributed by atoms with Crippen LogP contribution in [0.4, 0.5) is 11.4 Å². The SMILES string of the molecule is COC(=O)c1ccc(N2CC(CSC(C)=O)CC2=O)c(N)c1. The van der Waals surface area contributed by atoms with Crippen molar-refractivity contribution < 1.29 is 19.1 Å². The van der Waals surface area contributed by atoms with Crippen molar-refractivity contribution in [1.82, 2.24) is 0 Å². The van der Waals surface area contributed by atoms with E-state index < -0.39 is 5.97 Å². The summed E-state index contributed by atoms with van der Waals surface area (Å²) < 4.78 is 4.64. The van der Waals surface area contributed by atoms with Crippen LogP contribution >= 0.6 is 11.8 Å². The molecular formula is C15H18N2O4S. The molecule has 7 heteroatoms. The number of carbonyl (C=O) groups excluding carboxylic acids is 3. The van der Waals surface area contributed by atoms with Crippen LogP contribution in [0, 0.1) is 5.92 Å². The molecule has 1 aliphatic heterocycles. The number of nitrogens with two attached hydrogens (primary N) is 1. The van der Waals surface area contributed by atoms with Gasteiger partial charge < -0.3 is 15.4 Å². The third-order valence-electron chi connectivity index (χ3n) is 3.47. The number of hydrogen-bond acceptors (Lipinski definition) is 6. The van der Waals surface area contributed by atoms with Crippen LogP contribution in [-0.4, -0.2) is 36.4 Å². The van der Waals surface area contributed by atoms with E-state index in [0.717, 1.165) is 0 Å². The lowest BCUT2D eigenvalue weighted by Gasteiger charge is -2.19. The Hall–Kier alpha value is -2.02. The summed E-state index contributed by atoms with van der Waals surface area (Å²) in [5.41, 5.74) is 7.26. The predicted octanol–water partition coefficient (Wildman–Crippen LogP) is 1.69. The number of carbonyl (C=O) groups is 3. The number of amides is 1. The van der Waals surface area contributed by atoms with E-state index in [-0.39, 0.29) is 16.9 Å². The van der Waals surface area contributed by atoms with Gasteiger partial charge in [0.15, 0.2) is 5.12 Å². The van der Waals surface area contributed by atoms with Gasteiger partial charge in [-0.15, -0.1) is 0 Å². The molecule has 0 radical (unpaired) electrons. The third-order valence-corrected chi connectivity index (χ3v) is 4.51. The largest absolute Gasteiger partial charge is 0.465 e. The zero-order chi connectivity index (χ0) is 16.3. The van der Waals surface area contributed by atoms with E-state index in [1.807, 2.05) is 0 Å². The maximum Gasteiger partial charge on any atom is 0.337 e. The van der Waals surface area contributed by atoms with Crippen LogP contribution in [0.3, 0.4) is 0 Å². The summed E-state index contributed by atoms with van der Waals surface area (Å²) in [6, 6.07) is 4.74. The molecule has 0 spiro atoms. The van der Waals surface area contributed by atoms with Crippen molar-refractivity contribution >= 4 is 40.1 Å². The molecular weight excluding hydrogens is 304 g/mol. The Kier molecular flexibility index (Phi) is 5.07. The highest BCUT2D eigenvalue weighted by Crippen LogP contribution is 2.31. The average molecular weight is 322 g/mol. The van der Waals surface area contributed by atoms with Gasteiger partial charge in [-0.05, 0) is 24.1 Å². The van der Waals surface area contributed by atoms with Crippen molar-refractivity contribution in [2.75, 3.05) is 30.0 Å². The first-order valence-electron chi connectivity index (χ1n) is 6.84. The molecule has 1 saturated heterocycles. The summed E-state index contributed by atoms with van der Waals surface area (Å²) >= 11 is 1.23. The zero-order valence-corrected chi connectivity index (χ0v) is 13.3. The van der Waals surface area contributed by atoms with Crippen LogP contribution in [-0.2, 0) is 14.3 Å². The topological polar surface area (TPSA) is 89.7 Å². The number of nitrogen functional groups attached to an aromatic ring is 1. The molecule has 1 aromatic rings. The number of esters is 1. The number of methoxy groups -OCH3 is 1. The number of ether oxygens (including phenoxy) is 1. The van der Waals surface area contributed by atoms with Gasteiger partial charge >= 0.3 is 5.97 Å². The lowest BCUT2D eigenvalue weighted by Crippen LogP contribution is -2.26. The van der Waals surface area contributed by atoms with Gasteiger partial charge in [0.25, 0.3) is 0 Å². The summed E-state index contributed by atoms with van der Waals surface area (Å²) in [7, 11) is 1.30. The Morgan fingerprint density at radius 3 is 2.77 bits per heavy atom. The van der Waals surface area contributed by atoms with Crippen LogP contribution in [0.15, 0.2) is 18.2 Å². The second-order valence-corrected chi connectivity index (χ2v) is 6.34. The van der Waals surface area contributed by atoms with Gasteiger partial charge in [-0.3, -0.25) is 9.59 Å². The lowest BCUT2D eigenvalue weighted by molar-refractivity contribution is -0.117. The molecule has 6 nitrogen and oxygen atoms in total. The van der Waals surface area contributed by atoms with E-state index in [1.165, 1.54) is 31.9 Å². The summed E-state index contributed by atoms with van der Waals surface area (Å²) in [4.78, 5) is 36.2. The standard InChI is InChI=1S/C15H18N2O4S/c1-9(18)22-8-10-5-14(19)17(7-10)13-4-3-11(6-12(13)16)15(20)21-2/h3-4,6,10H,5,7-8,16H2,1-2H3. The highest BCUT2D eigenvalue weighted by atomic mass is 32.2. The van der Waals surface area contributed by atoms with Gasteiger partial charge in [-0.2, -0.15) is 0 Å². The molecule has 1 unspecified atom stereocenters. The number of rotatable bonds is 4. The molecule has 0 aromatic heterocycles. The first kappa shape index (κ1) is 16.4. The number of hydrogen-bond donors (Lipinski definition) is 1. The fourth-order valence-corrected chi connectivity index (χ4v) is 3.10. The Labute approximate surface area is 133 Å². The minimum absolute atomic E-state index is 0.0216. The number of benzene rings is 1. The summed E-state index contributed by atoms with van der Waals surface area (Å²) in [6.45, 7) is 2.05. The summed E-state index contributed by atoms with van der Waals surface area (Å²) in [5.74, 6) is 0.257. The second-order valence-electron chi connectivity index (χ2n) is 5.14. The molecule has 1 amide bonds. The Morgan fingerprint density at radius 1 is 1.45 bits per heavy atom. The second kappa shape index (κ2) is 6.83. The highest BCUT2D eigenvalue weighted by Gasteiger charge is 2.31. The maximum absolute atomic E-state index is 12.1. The minimum atomic E-state index is -0.471. The molecule has 2 rings (SSSR count). The van der Waals surface area contributed by atoms with Crippen molar-refractivity contribution in [3.8, 4) is 0 Å². The highest BCUT2D eigenvalue weighted by molar-refractivity contribution is 8.13. The fraction of sp³-hybridized carbons (Fsp3) is 0.400. The quantitative estimate of drug-likeness (QED) is 0.670. The summed E-state index contributed by atoms with van der Waals surface area (Å²) in [5, 5.41) is 0.0489. The zero-order valence-electron chi connectivity index (χ0n) is 12.5. The van der Waals surface area contributed by atoms with Crippen LogP contribution in [0.2, 0.25) is 0 Å². The van der Waals surface area contributed by atoms with Crippen molar-refractivity contribution in [2.24, 2.45) is 5.92 Å². The van der Waals surface area contributed by atoms with Gasteiger partial charge in [0.05, 0.1) is 24.0 Å². The van der Waals surface area contributed by atoms with E-state index in [9.17, 15) is 14.4 Å². The van der Waals surface area contributed by atoms with Crippen molar-refractivity contribution in [1.29, 1.82) is 0 Å². The van der Waals surface area contributed by atoms with E-state index >= 15 is 0 Å². The number of nitrogens with zero attached hydrogens (tertiary/aromatic N) is 1. The number of anilines is 2. The molecule has 0 saturated carbocycles. The van der Waals surface area contributed by atoms with Crippen LogP contribution in [0.1, 0.15) is 23.7 Å². The van der Waals surface area contributed by atoms with Crippen molar-refractivity contribution in [3.05, 3.63) is 23.8 Å². The minimum Gasteiger partial charge on any atom is -0.465 e. The van der Waals surface area contributed by atoms with Gasteiger partial charge in [-0.1, -0.05) is 11.8 Å². The molecule has 118 valence electrons.